The van der Waals surface area contributed by atoms with Gasteiger partial charge in [0.25, 0.3) is 0 Å². The van der Waals surface area contributed by atoms with Crippen LogP contribution in [-0.4, -0.2) is 23.5 Å². The molecular weight excluding hydrogens is 302 g/mol. The molecule has 0 fully saturated rings. The first-order chi connectivity index (χ1) is 11.3. The highest BCUT2D eigenvalue weighted by Crippen LogP contribution is 2.26. The largest absolute Gasteiger partial charge is 0.478 e. The SMILES string of the molecule is Cc1ccccc1C(C)(C)C(=O)NCCc1ccc(C(=O)O)cc1. The Morgan fingerprint density at radius 3 is 2.25 bits per heavy atom. The van der Waals surface area contributed by atoms with E-state index in [1.54, 1.807) is 24.3 Å². The summed E-state index contributed by atoms with van der Waals surface area (Å²) in [6, 6.07) is 14.6. The van der Waals surface area contributed by atoms with E-state index in [1.165, 1.54) is 0 Å². The molecule has 0 aliphatic carbocycles. The zero-order chi connectivity index (χ0) is 17.7. The normalized spacial score (nSPS) is 11.1. The van der Waals surface area contributed by atoms with Crippen LogP contribution in [0.4, 0.5) is 0 Å². The number of carbonyl (C=O) groups excluding carboxylic acids is 1. The Bertz CT molecular complexity index is 733. The van der Waals surface area contributed by atoms with Gasteiger partial charge in [-0.3, -0.25) is 4.79 Å². The first-order valence-corrected chi connectivity index (χ1v) is 7.99. The second-order valence-electron chi connectivity index (χ2n) is 6.45. The van der Waals surface area contributed by atoms with Crippen LogP contribution in [0.3, 0.4) is 0 Å². The maximum Gasteiger partial charge on any atom is 0.335 e. The number of aryl methyl sites for hydroxylation is 1. The molecule has 2 aromatic rings. The van der Waals surface area contributed by atoms with Crippen LogP contribution in [0.25, 0.3) is 0 Å². The first kappa shape index (κ1) is 17.7. The number of carbonyl (C=O) groups is 2. The topological polar surface area (TPSA) is 66.4 Å². The molecule has 2 rings (SSSR count). The number of hydrogen-bond acceptors (Lipinski definition) is 2. The van der Waals surface area contributed by atoms with Gasteiger partial charge < -0.3 is 10.4 Å². The summed E-state index contributed by atoms with van der Waals surface area (Å²) in [5.41, 5.74) is 2.78. The van der Waals surface area contributed by atoms with Crippen molar-refractivity contribution >= 4 is 11.9 Å². The molecule has 0 saturated carbocycles. The van der Waals surface area contributed by atoms with Gasteiger partial charge in [0.2, 0.25) is 5.91 Å². The van der Waals surface area contributed by atoms with Gasteiger partial charge in [0.15, 0.2) is 0 Å². The minimum atomic E-state index is -0.935. The molecule has 0 aliphatic rings. The Hall–Kier alpha value is -2.62. The Balaban J connectivity index is 1.95. The number of benzene rings is 2. The van der Waals surface area contributed by atoms with Gasteiger partial charge in [-0.15, -0.1) is 0 Å². The lowest BCUT2D eigenvalue weighted by atomic mass is 9.81. The number of amides is 1. The monoisotopic (exact) mass is 325 g/mol. The standard InChI is InChI=1S/C20H23NO3/c1-14-6-4-5-7-17(14)20(2,3)19(24)21-13-12-15-8-10-16(11-9-15)18(22)23/h4-11H,12-13H2,1-3H3,(H,21,24)(H,22,23). The first-order valence-electron chi connectivity index (χ1n) is 7.99. The van der Waals surface area contributed by atoms with E-state index in [1.807, 2.05) is 45.0 Å². The van der Waals surface area contributed by atoms with E-state index in [4.69, 9.17) is 5.11 Å². The van der Waals surface area contributed by atoms with Gasteiger partial charge in [-0.1, -0.05) is 36.4 Å². The molecule has 0 aromatic heterocycles. The zero-order valence-corrected chi connectivity index (χ0v) is 14.3. The van der Waals surface area contributed by atoms with Crippen molar-refractivity contribution in [2.24, 2.45) is 0 Å². The van der Waals surface area contributed by atoms with Gasteiger partial charge >= 0.3 is 5.97 Å². The number of aromatic carboxylic acids is 1. The Labute approximate surface area is 142 Å². The fraction of sp³-hybridized carbons (Fsp3) is 0.300. The van der Waals surface area contributed by atoms with Crippen molar-refractivity contribution in [1.29, 1.82) is 0 Å². The third-order valence-corrected chi connectivity index (χ3v) is 4.29. The molecule has 4 nitrogen and oxygen atoms in total. The number of rotatable bonds is 6. The number of carboxylic acids is 1. The van der Waals surface area contributed by atoms with Crippen LogP contribution in [0.2, 0.25) is 0 Å². The van der Waals surface area contributed by atoms with Gasteiger partial charge in [0, 0.05) is 6.54 Å². The predicted molar refractivity (Wildman–Crippen MR) is 94.3 cm³/mol. The van der Waals surface area contributed by atoms with Crippen molar-refractivity contribution < 1.29 is 14.7 Å². The molecule has 0 heterocycles. The van der Waals surface area contributed by atoms with E-state index in [-0.39, 0.29) is 11.5 Å². The summed E-state index contributed by atoms with van der Waals surface area (Å²) in [6.45, 7) is 6.37. The average molecular weight is 325 g/mol. The van der Waals surface area contributed by atoms with Crippen LogP contribution >= 0.6 is 0 Å². The smallest absolute Gasteiger partial charge is 0.335 e. The summed E-state index contributed by atoms with van der Waals surface area (Å²) in [7, 11) is 0. The third kappa shape index (κ3) is 4.02. The van der Waals surface area contributed by atoms with Gasteiger partial charge in [0.1, 0.15) is 0 Å². The fourth-order valence-corrected chi connectivity index (χ4v) is 2.75. The van der Waals surface area contributed by atoms with Crippen LogP contribution in [0, 0.1) is 6.92 Å². The molecule has 24 heavy (non-hydrogen) atoms. The maximum atomic E-state index is 12.6. The van der Waals surface area contributed by atoms with Crippen LogP contribution < -0.4 is 5.32 Å². The van der Waals surface area contributed by atoms with Crippen LogP contribution in [0.5, 0.6) is 0 Å². The predicted octanol–water partition coefficient (Wildman–Crippen LogP) is 3.33. The molecule has 0 spiro atoms. The van der Waals surface area contributed by atoms with Gasteiger partial charge in [-0.2, -0.15) is 0 Å². The molecular formula is C20H23NO3. The lowest BCUT2D eigenvalue weighted by Crippen LogP contribution is -2.41. The van der Waals surface area contributed by atoms with Gasteiger partial charge in [-0.25, -0.2) is 4.79 Å². The molecule has 0 unspecified atom stereocenters. The lowest BCUT2D eigenvalue weighted by molar-refractivity contribution is -0.125. The molecule has 1 amide bonds. The summed E-state index contributed by atoms with van der Waals surface area (Å²) >= 11 is 0. The van der Waals surface area contributed by atoms with Gasteiger partial charge in [0.05, 0.1) is 11.0 Å². The Kier molecular flexibility index (Phi) is 5.39. The van der Waals surface area contributed by atoms with E-state index in [0.717, 1.165) is 16.7 Å². The van der Waals surface area contributed by atoms with Crippen molar-refractivity contribution in [2.75, 3.05) is 6.54 Å². The van der Waals surface area contributed by atoms with E-state index in [0.29, 0.717) is 13.0 Å². The molecule has 126 valence electrons. The van der Waals surface area contributed by atoms with E-state index in [2.05, 4.69) is 5.32 Å². The summed E-state index contributed by atoms with van der Waals surface area (Å²) in [5, 5.41) is 11.9. The summed E-state index contributed by atoms with van der Waals surface area (Å²) < 4.78 is 0. The molecule has 0 aliphatic heterocycles. The highest BCUT2D eigenvalue weighted by molar-refractivity contribution is 5.88. The lowest BCUT2D eigenvalue weighted by Gasteiger charge is -2.26. The molecule has 0 saturated heterocycles. The molecule has 2 N–H and O–H groups in total. The van der Waals surface area contributed by atoms with Crippen molar-refractivity contribution in [2.45, 2.75) is 32.6 Å². The Morgan fingerprint density at radius 2 is 1.67 bits per heavy atom. The third-order valence-electron chi connectivity index (χ3n) is 4.29. The minimum absolute atomic E-state index is 0.0149. The minimum Gasteiger partial charge on any atom is -0.478 e. The van der Waals surface area contributed by atoms with Crippen molar-refractivity contribution in [3.8, 4) is 0 Å². The zero-order valence-electron chi connectivity index (χ0n) is 14.3. The summed E-state index contributed by atoms with van der Waals surface area (Å²) in [5.74, 6) is -0.950. The summed E-state index contributed by atoms with van der Waals surface area (Å²) in [4.78, 5) is 23.4. The quantitative estimate of drug-likeness (QED) is 0.856. The molecule has 0 bridgehead atoms. The molecule has 4 heteroatoms. The Morgan fingerprint density at radius 1 is 1.04 bits per heavy atom. The summed E-state index contributed by atoms with van der Waals surface area (Å²) in [6.07, 6.45) is 0.662. The van der Waals surface area contributed by atoms with Gasteiger partial charge in [-0.05, 0) is 56.0 Å². The molecule has 2 aromatic carbocycles. The van der Waals surface area contributed by atoms with E-state index in [9.17, 15) is 9.59 Å². The fourth-order valence-electron chi connectivity index (χ4n) is 2.75. The van der Waals surface area contributed by atoms with Crippen LogP contribution in [0.1, 0.15) is 40.9 Å². The van der Waals surface area contributed by atoms with Crippen LogP contribution in [-0.2, 0) is 16.6 Å². The highest BCUT2D eigenvalue weighted by atomic mass is 16.4. The second-order valence-corrected chi connectivity index (χ2v) is 6.45. The average Bonchev–Trinajstić information content (AvgIpc) is 2.55. The maximum absolute atomic E-state index is 12.6. The molecule has 0 atom stereocenters. The number of carboxylic acid groups (broad SMARTS) is 1. The number of nitrogens with one attached hydrogen (secondary N) is 1. The molecule has 0 radical (unpaired) electrons. The van der Waals surface area contributed by atoms with E-state index >= 15 is 0 Å². The number of hydrogen-bond donors (Lipinski definition) is 2. The highest BCUT2D eigenvalue weighted by Gasteiger charge is 2.30. The van der Waals surface area contributed by atoms with E-state index < -0.39 is 11.4 Å². The van der Waals surface area contributed by atoms with Crippen molar-refractivity contribution in [1.82, 2.24) is 5.32 Å². The van der Waals surface area contributed by atoms with Crippen molar-refractivity contribution in [3.05, 3.63) is 70.8 Å². The second kappa shape index (κ2) is 7.30. The van der Waals surface area contributed by atoms with Crippen molar-refractivity contribution in [3.63, 3.8) is 0 Å². The van der Waals surface area contributed by atoms with Crippen LogP contribution in [0.15, 0.2) is 48.5 Å².